The average molecular weight is 396 g/mol. The molecule has 3 N–H and O–H groups in total. The summed E-state index contributed by atoms with van der Waals surface area (Å²) in [6.07, 6.45) is 0. The first-order valence-electron chi connectivity index (χ1n) is 8.14. The lowest BCUT2D eigenvalue weighted by atomic mass is 9.88. The lowest BCUT2D eigenvalue weighted by molar-refractivity contribution is 0.358. The lowest BCUT2D eigenvalue weighted by Crippen LogP contribution is -2.32. The molecule has 0 spiro atoms. The van der Waals surface area contributed by atoms with Gasteiger partial charge in [-0.1, -0.05) is 44.0 Å². The van der Waals surface area contributed by atoms with Gasteiger partial charge in [-0.05, 0) is 30.5 Å². The molecule has 2 aromatic heterocycles. The topological polar surface area (TPSA) is 68.2 Å². The Morgan fingerprint density at radius 1 is 1.23 bits per heavy atom. The predicted octanol–water partition coefficient (Wildman–Crippen LogP) is 5.27. The minimum absolute atomic E-state index is 0.0371. The van der Waals surface area contributed by atoms with Crippen LogP contribution in [0.25, 0.3) is 16.8 Å². The molecule has 0 radical (unpaired) electrons. The highest BCUT2D eigenvalue weighted by molar-refractivity contribution is 6.36. The Kier molecular flexibility index (Phi) is 4.75. The summed E-state index contributed by atoms with van der Waals surface area (Å²) in [7, 11) is 0. The number of halogens is 3. The third-order valence-electron chi connectivity index (χ3n) is 4.43. The zero-order valence-electron chi connectivity index (χ0n) is 14.9. The smallest absolute Gasteiger partial charge is 0.161 e. The zero-order valence-corrected chi connectivity index (χ0v) is 16.5. The van der Waals surface area contributed by atoms with Gasteiger partial charge in [-0.25, -0.2) is 9.37 Å². The average Bonchev–Trinajstić information content (AvgIpc) is 2.87. The van der Waals surface area contributed by atoms with Crippen LogP contribution in [0.15, 0.2) is 24.3 Å². The predicted molar refractivity (Wildman–Crippen MR) is 105 cm³/mol. The monoisotopic (exact) mass is 395 g/mol. The van der Waals surface area contributed by atoms with E-state index in [0.717, 1.165) is 0 Å². The van der Waals surface area contributed by atoms with Gasteiger partial charge in [0, 0.05) is 17.7 Å². The van der Waals surface area contributed by atoms with Gasteiger partial charge in [-0.15, -0.1) is 5.10 Å². The van der Waals surface area contributed by atoms with Crippen LogP contribution in [-0.2, 0) is 0 Å². The van der Waals surface area contributed by atoms with Crippen LogP contribution < -0.4 is 11.1 Å². The Hall–Kier alpha value is -2.05. The van der Waals surface area contributed by atoms with Crippen LogP contribution in [-0.4, -0.2) is 20.6 Å². The SMILES string of the molecule is CC(Nc1c(-c2ccc(F)cc2Cl)c(Cl)nc2cc(N)nn12)C(C)(C)C. The number of nitrogens with two attached hydrogens (primary N) is 1. The van der Waals surface area contributed by atoms with Crippen molar-refractivity contribution < 1.29 is 4.39 Å². The van der Waals surface area contributed by atoms with E-state index >= 15 is 0 Å². The molecule has 0 aliphatic carbocycles. The Balaban J connectivity index is 2.30. The molecule has 0 fully saturated rings. The molecule has 0 aliphatic heterocycles. The standard InChI is InChI=1S/C18H20Cl2FN5/c1-9(18(2,3)4)23-17-15(11-6-5-10(21)7-12(11)19)16(20)24-14-8-13(22)25-26(14)17/h5-9,23H,1-4H3,(H2,22,25). The van der Waals surface area contributed by atoms with E-state index in [1.165, 1.54) is 12.1 Å². The van der Waals surface area contributed by atoms with E-state index < -0.39 is 5.82 Å². The van der Waals surface area contributed by atoms with E-state index in [9.17, 15) is 4.39 Å². The second kappa shape index (κ2) is 6.59. The highest BCUT2D eigenvalue weighted by Crippen LogP contribution is 2.40. The molecule has 0 amide bonds. The molecular weight excluding hydrogens is 376 g/mol. The minimum atomic E-state index is -0.426. The first-order valence-corrected chi connectivity index (χ1v) is 8.90. The van der Waals surface area contributed by atoms with E-state index in [2.05, 4.69) is 43.1 Å². The van der Waals surface area contributed by atoms with Gasteiger partial charge in [0.1, 0.15) is 22.6 Å². The highest BCUT2D eigenvalue weighted by atomic mass is 35.5. The normalized spacial score (nSPS) is 13.2. The fourth-order valence-electron chi connectivity index (χ4n) is 2.48. The van der Waals surface area contributed by atoms with Crippen molar-refractivity contribution in [2.45, 2.75) is 33.7 Å². The number of hydrogen-bond donors (Lipinski definition) is 2. The summed E-state index contributed by atoms with van der Waals surface area (Å²) in [6.45, 7) is 8.41. The summed E-state index contributed by atoms with van der Waals surface area (Å²) in [6, 6.07) is 5.84. The quantitative estimate of drug-likeness (QED) is 0.592. The molecule has 0 bridgehead atoms. The number of benzene rings is 1. The van der Waals surface area contributed by atoms with Gasteiger partial charge in [-0.3, -0.25) is 0 Å². The van der Waals surface area contributed by atoms with Gasteiger partial charge in [-0.2, -0.15) is 4.52 Å². The van der Waals surface area contributed by atoms with E-state index in [1.807, 2.05) is 0 Å². The number of nitrogens with one attached hydrogen (secondary N) is 1. The molecule has 3 aromatic rings. The maximum Gasteiger partial charge on any atom is 0.161 e. The molecule has 3 rings (SSSR count). The Morgan fingerprint density at radius 2 is 1.92 bits per heavy atom. The molecule has 1 aromatic carbocycles. The summed E-state index contributed by atoms with van der Waals surface area (Å²) in [5.74, 6) is 0.500. The molecule has 0 aliphatic rings. The van der Waals surface area contributed by atoms with Gasteiger partial charge in [0.25, 0.3) is 0 Å². The summed E-state index contributed by atoms with van der Waals surface area (Å²) in [5.41, 5.74) is 7.43. The summed E-state index contributed by atoms with van der Waals surface area (Å²) in [4.78, 5) is 4.36. The van der Waals surface area contributed by atoms with Crippen molar-refractivity contribution in [3.8, 4) is 11.1 Å². The maximum atomic E-state index is 13.5. The summed E-state index contributed by atoms with van der Waals surface area (Å²) >= 11 is 12.8. The molecule has 0 saturated heterocycles. The number of rotatable bonds is 3. The fourth-order valence-corrected chi connectivity index (χ4v) is 3.02. The molecule has 2 heterocycles. The lowest BCUT2D eigenvalue weighted by Gasteiger charge is -2.30. The Labute approximate surface area is 161 Å². The van der Waals surface area contributed by atoms with Crippen molar-refractivity contribution >= 4 is 40.5 Å². The van der Waals surface area contributed by atoms with Crippen LogP contribution in [0.3, 0.4) is 0 Å². The number of anilines is 2. The van der Waals surface area contributed by atoms with Crippen LogP contribution >= 0.6 is 23.2 Å². The van der Waals surface area contributed by atoms with E-state index in [0.29, 0.717) is 28.4 Å². The van der Waals surface area contributed by atoms with Crippen molar-refractivity contribution in [3.05, 3.63) is 40.3 Å². The molecule has 8 heteroatoms. The van der Waals surface area contributed by atoms with Crippen molar-refractivity contribution in [3.63, 3.8) is 0 Å². The number of hydrogen-bond acceptors (Lipinski definition) is 4. The van der Waals surface area contributed by atoms with Crippen LogP contribution in [0.2, 0.25) is 10.2 Å². The van der Waals surface area contributed by atoms with Gasteiger partial charge < -0.3 is 11.1 Å². The van der Waals surface area contributed by atoms with Crippen LogP contribution in [0.1, 0.15) is 27.7 Å². The van der Waals surface area contributed by atoms with Crippen LogP contribution in [0.5, 0.6) is 0 Å². The second-order valence-electron chi connectivity index (χ2n) is 7.32. The first kappa shape index (κ1) is 18.7. The number of aromatic nitrogens is 3. The van der Waals surface area contributed by atoms with Crippen LogP contribution in [0.4, 0.5) is 16.0 Å². The number of nitrogens with zero attached hydrogens (tertiary/aromatic N) is 3. The van der Waals surface area contributed by atoms with Gasteiger partial charge in [0.2, 0.25) is 0 Å². The molecule has 138 valence electrons. The number of fused-ring (bicyclic) bond motifs is 1. The van der Waals surface area contributed by atoms with Gasteiger partial charge in [0.05, 0.1) is 10.6 Å². The molecule has 5 nitrogen and oxygen atoms in total. The Morgan fingerprint density at radius 3 is 2.54 bits per heavy atom. The molecular formula is C18H20Cl2FN5. The van der Waals surface area contributed by atoms with Crippen molar-refractivity contribution in [1.29, 1.82) is 0 Å². The van der Waals surface area contributed by atoms with Gasteiger partial charge in [0.15, 0.2) is 5.65 Å². The summed E-state index contributed by atoms with van der Waals surface area (Å²) < 4.78 is 15.1. The molecule has 1 unspecified atom stereocenters. The van der Waals surface area contributed by atoms with Gasteiger partial charge >= 0.3 is 0 Å². The molecule has 1 atom stereocenters. The van der Waals surface area contributed by atoms with E-state index in [1.54, 1.807) is 16.6 Å². The first-order chi connectivity index (χ1) is 12.1. The highest BCUT2D eigenvalue weighted by Gasteiger charge is 2.25. The van der Waals surface area contributed by atoms with E-state index in [-0.39, 0.29) is 21.6 Å². The third kappa shape index (κ3) is 3.44. The number of nitrogen functional groups attached to an aromatic ring is 1. The molecule has 0 saturated carbocycles. The second-order valence-corrected chi connectivity index (χ2v) is 8.09. The van der Waals surface area contributed by atoms with Crippen molar-refractivity contribution in [2.75, 3.05) is 11.1 Å². The Bertz CT molecular complexity index is 978. The zero-order chi connectivity index (χ0) is 19.2. The largest absolute Gasteiger partial charge is 0.382 e. The fraction of sp³-hybridized carbons (Fsp3) is 0.333. The maximum absolute atomic E-state index is 13.5. The molecule has 26 heavy (non-hydrogen) atoms. The van der Waals surface area contributed by atoms with E-state index in [4.69, 9.17) is 28.9 Å². The van der Waals surface area contributed by atoms with Crippen molar-refractivity contribution in [2.24, 2.45) is 5.41 Å². The van der Waals surface area contributed by atoms with Crippen molar-refractivity contribution in [1.82, 2.24) is 14.6 Å². The minimum Gasteiger partial charge on any atom is -0.382 e. The third-order valence-corrected chi connectivity index (χ3v) is 5.02. The summed E-state index contributed by atoms with van der Waals surface area (Å²) in [5, 5.41) is 8.24. The van der Waals surface area contributed by atoms with Crippen LogP contribution in [0, 0.1) is 11.2 Å².